The number of benzene rings is 1. The molecule has 0 atom stereocenters. The van der Waals surface area contributed by atoms with E-state index in [4.69, 9.17) is 0 Å². The Bertz CT molecular complexity index is 1240. The van der Waals surface area contributed by atoms with E-state index in [-0.39, 0.29) is 29.9 Å². The number of hydrogen-bond donors (Lipinski definition) is 1. The number of aromatic nitrogens is 6. The fraction of sp³-hybridized carbons (Fsp3) is 0.263. The average Bonchev–Trinajstić information content (AvgIpc) is 3.11. The fourth-order valence-corrected chi connectivity index (χ4v) is 2.99. The molecular formula is C19H19N7O2. The summed E-state index contributed by atoms with van der Waals surface area (Å²) in [5, 5.41) is 4.80. The molecule has 0 spiro atoms. The maximum atomic E-state index is 13.1. The van der Waals surface area contributed by atoms with Crippen LogP contribution >= 0.6 is 0 Å². The quantitative estimate of drug-likeness (QED) is 0.580. The molecule has 0 aliphatic heterocycles. The van der Waals surface area contributed by atoms with Crippen molar-refractivity contribution < 1.29 is 4.79 Å². The Hall–Kier alpha value is -3.62. The Morgan fingerprint density at radius 2 is 2.00 bits per heavy atom. The summed E-state index contributed by atoms with van der Waals surface area (Å²) in [5.74, 6) is 0.474. The van der Waals surface area contributed by atoms with Crippen LogP contribution in [0, 0.1) is 6.92 Å². The number of carbonyl (C=O) groups is 1. The van der Waals surface area contributed by atoms with Gasteiger partial charge in [0, 0.05) is 17.9 Å². The molecule has 3 aromatic heterocycles. The highest BCUT2D eigenvalue weighted by molar-refractivity contribution is 5.91. The molecule has 28 heavy (non-hydrogen) atoms. The second-order valence-corrected chi connectivity index (χ2v) is 6.79. The number of rotatable bonds is 4. The fourth-order valence-electron chi connectivity index (χ4n) is 2.99. The molecule has 0 fully saturated rings. The monoisotopic (exact) mass is 377 g/mol. The van der Waals surface area contributed by atoms with Gasteiger partial charge in [0.25, 0.3) is 17.2 Å². The highest BCUT2D eigenvalue weighted by Gasteiger charge is 2.24. The van der Waals surface area contributed by atoms with E-state index < -0.39 is 0 Å². The van der Waals surface area contributed by atoms with Gasteiger partial charge < -0.3 is 9.88 Å². The van der Waals surface area contributed by atoms with Crippen molar-refractivity contribution in [2.24, 2.45) is 0 Å². The van der Waals surface area contributed by atoms with E-state index >= 15 is 0 Å². The topological polar surface area (TPSA) is 109 Å². The van der Waals surface area contributed by atoms with Crippen LogP contribution < -0.4 is 5.56 Å². The minimum atomic E-state index is -0.351. The highest BCUT2D eigenvalue weighted by Crippen LogP contribution is 2.12. The Kier molecular flexibility index (Phi) is 4.34. The number of H-pyrrole nitrogens is 1. The summed E-state index contributed by atoms with van der Waals surface area (Å²) in [6.07, 6.45) is 1.62. The minimum Gasteiger partial charge on any atom is -0.326 e. The summed E-state index contributed by atoms with van der Waals surface area (Å²) in [6.45, 7) is 5.77. The van der Waals surface area contributed by atoms with E-state index in [1.807, 2.05) is 26.8 Å². The van der Waals surface area contributed by atoms with E-state index in [1.54, 1.807) is 35.4 Å². The lowest BCUT2D eigenvalue weighted by Crippen LogP contribution is -2.38. The molecule has 4 rings (SSSR count). The molecule has 1 amide bonds. The van der Waals surface area contributed by atoms with Gasteiger partial charge in [0.1, 0.15) is 5.82 Å². The van der Waals surface area contributed by atoms with Crippen LogP contribution in [-0.4, -0.2) is 46.4 Å². The van der Waals surface area contributed by atoms with E-state index in [9.17, 15) is 9.59 Å². The third kappa shape index (κ3) is 3.11. The Morgan fingerprint density at radius 1 is 1.21 bits per heavy atom. The van der Waals surface area contributed by atoms with Crippen LogP contribution in [0.15, 0.2) is 41.3 Å². The smallest absolute Gasteiger partial charge is 0.294 e. The zero-order valence-corrected chi connectivity index (χ0v) is 15.7. The maximum Gasteiger partial charge on any atom is 0.294 e. The summed E-state index contributed by atoms with van der Waals surface area (Å²) in [6, 6.07) is 8.73. The first-order valence-electron chi connectivity index (χ1n) is 8.91. The molecule has 0 unspecified atom stereocenters. The predicted octanol–water partition coefficient (Wildman–Crippen LogP) is 1.72. The second kappa shape index (κ2) is 6.84. The molecule has 0 saturated carbocycles. The molecule has 0 aliphatic rings. The first-order valence-corrected chi connectivity index (χ1v) is 8.91. The predicted molar refractivity (Wildman–Crippen MR) is 103 cm³/mol. The van der Waals surface area contributed by atoms with Crippen LogP contribution in [0.5, 0.6) is 0 Å². The third-order valence-corrected chi connectivity index (χ3v) is 4.49. The molecule has 142 valence electrons. The van der Waals surface area contributed by atoms with Gasteiger partial charge in [-0.3, -0.25) is 9.59 Å². The number of para-hydroxylation sites is 1. The SMILES string of the molecule is Cc1ccnc2nc(C(=O)N(Cc3nc4ccccc4c(=O)[nH]3)C(C)C)nn12. The molecular weight excluding hydrogens is 358 g/mol. The van der Waals surface area contributed by atoms with Gasteiger partial charge in [0.05, 0.1) is 17.4 Å². The van der Waals surface area contributed by atoms with Gasteiger partial charge in [-0.15, -0.1) is 5.10 Å². The summed E-state index contributed by atoms with van der Waals surface area (Å²) < 4.78 is 1.53. The van der Waals surface area contributed by atoms with Gasteiger partial charge in [-0.05, 0) is 39.0 Å². The van der Waals surface area contributed by atoms with Crippen molar-refractivity contribution in [3.63, 3.8) is 0 Å². The van der Waals surface area contributed by atoms with Gasteiger partial charge in [-0.2, -0.15) is 4.98 Å². The van der Waals surface area contributed by atoms with Crippen LogP contribution in [0.2, 0.25) is 0 Å². The third-order valence-electron chi connectivity index (χ3n) is 4.49. The number of hydrogen-bond acceptors (Lipinski definition) is 6. The summed E-state index contributed by atoms with van der Waals surface area (Å²) >= 11 is 0. The first kappa shape index (κ1) is 17.8. The van der Waals surface area contributed by atoms with Crippen LogP contribution in [0.3, 0.4) is 0 Å². The van der Waals surface area contributed by atoms with Crippen LogP contribution in [0.25, 0.3) is 16.7 Å². The number of carbonyl (C=O) groups excluding carboxylic acids is 1. The molecule has 0 aliphatic carbocycles. The Balaban J connectivity index is 1.70. The Morgan fingerprint density at radius 3 is 2.75 bits per heavy atom. The van der Waals surface area contributed by atoms with Crippen LogP contribution in [0.1, 0.15) is 36.0 Å². The molecule has 1 aromatic carbocycles. The van der Waals surface area contributed by atoms with E-state index in [0.717, 1.165) is 5.69 Å². The molecule has 4 aromatic rings. The maximum absolute atomic E-state index is 13.1. The zero-order chi connectivity index (χ0) is 19.8. The van der Waals surface area contributed by atoms with E-state index in [0.29, 0.717) is 22.5 Å². The van der Waals surface area contributed by atoms with E-state index in [1.165, 1.54) is 4.52 Å². The largest absolute Gasteiger partial charge is 0.326 e. The molecule has 1 N–H and O–H groups in total. The van der Waals surface area contributed by atoms with Gasteiger partial charge in [0.2, 0.25) is 5.82 Å². The molecule has 0 saturated heterocycles. The number of aromatic amines is 1. The lowest BCUT2D eigenvalue weighted by atomic mass is 10.2. The van der Waals surface area contributed by atoms with Crippen molar-refractivity contribution in [2.45, 2.75) is 33.4 Å². The molecule has 9 heteroatoms. The van der Waals surface area contributed by atoms with Gasteiger partial charge >= 0.3 is 0 Å². The van der Waals surface area contributed by atoms with Gasteiger partial charge in [-0.1, -0.05) is 12.1 Å². The van der Waals surface area contributed by atoms with Crippen molar-refractivity contribution >= 4 is 22.6 Å². The average molecular weight is 377 g/mol. The van der Waals surface area contributed by atoms with Crippen molar-refractivity contribution in [2.75, 3.05) is 0 Å². The molecule has 0 bridgehead atoms. The first-order chi connectivity index (χ1) is 13.4. The lowest BCUT2D eigenvalue weighted by Gasteiger charge is -2.24. The van der Waals surface area contributed by atoms with Crippen LogP contribution in [-0.2, 0) is 6.54 Å². The number of nitrogens with one attached hydrogen (secondary N) is 1. The van der Waals surface area contributed by atoms with Crippen molar-refractivity contribution in [3.05, 3.63) is 64.2 Å². The summed E-state index contributed by atoms with van der Waals surface area (Å²) in [7, 11) is 0. The molecule has 9 nitrogen and oxygen atoms in total. The number of fused-ring (bicyclic) bond motifs is 2. The summed E-state index contributed by atoms with van der Waals surface area (Å²) in [4.78, 5) is 42.6. The molecule has 3 heterocycles. The standard InChI is InChI=1S/C19H19N7O2/c1-11(2)25(10-15-21-14-7-5-4-6-13(14)17(27)22-15)18(28)16-23-19-20-9-8-12(3)26(19)24-16/h4-9,11H,10H2,1-3H3,(H,21,22,27). The van der Waals surface area contributed by atoms with Gasteiger partial charge in [-0.25, -0.2) is 14.5 Å². The normalized spacial score (nSPS) is 11.4. The number of nitrogens with zero attached hydrogens (tertiary/aromatic N) is 6. The van der Waals surface area contributed by atoms with Crippen molar-refractivity contribution in [1.82, 2.24) is 34.4 Å². The minimum absolute atomic E-state index is 0.0543. The Labute approximate surface area is 160 Å². The number of amides is 1. The van der Waals surface area contributed by atoms with Crippen LogP contribution in [0.4, 0.5) is 0 Å². The van der Waals surface area contributed by atoms with Crippen molar-refractivity contribution in [3.8, 4) is 0 Å². The van der Waals surface area contributed by atoms with E-state index in [2.05, 4.69) is 25.0 Å². The van der Waals surface area contributed by atoms with Gasteiger partial charge in [0.15, 0.2) is 0 Å². The second-order valence-electron chi connectivity index (χ2n) is 6.79. The summed E-state index contributed by atoms with van der Waals surface area (Å²) in [5.41, 5.74) is 1.18. The zero-order valence-electron chi connectivity index (χ0n) is 15.7. The molecule has 0 radical (unpaired) electrons. The lowest BCUT2D eigenvalue weighted by molar-refractivity contribution is 0.0672. The highest BCUT2D eigenvalue weighted by atomic mass is 16.2. The number of aryl methyl sites for hydroxylation is 1. The van der Waals surface area contributed by atoms with Crippen molar-refractivity contribution in [1.29, 1.82) is 0 Å².